The highest BCUT2D eigenvalue weighted by Gasteiger charge is 2.02. The first-order valence-corrected chi connectivity index (χ1v) is 8.33. The molecule has 0 radical (unpaired) electrons. The van der Waals surface area contributed by atoms with Crippen molar-refractivity contribution in [1.29, 1.82) is 0 Å². The summed E-state index contributed by atoms with van der Waals surface area (Å²) >= 11 is 0. The zero-order valence-electron chi connectivity index (χ0n) is 15.2. The quantitative estimate of drug-likeness (QED) is 0.193. The summed E-state index contributed by atoms with van der Waals surface area (Å²) in [6.07, 6.45) is 4.43. The Bertz CT molecular complexity index is 553. The molecule has 0 saturated heterocycles. The van der Waals surface area contributed by atoms with Gasteiger partial charge in [0.1, 0.15) is 5.82 Å². The van der Waals surface area contributed by atoms with E-state index in [0.717, 1.165) is 43.8 Å². The van der Waals surface area contributed by atoms with E-state index in [1.807, 2.05) is 6.07 Å². The molecule has 0 aliphatic rings. The van der Waals surface area contributed by atoms with Gasteiger partial charge in [0.05, 0.1) is 7.11 Å². The summed E-state index contributed by atoms with van der Waals surface area (Å²) in [5, 5.41) is 6.46. The first-order chi connectivity index (χ1) is 11.6. The van der Waals surface area contributed by atoms with E-state index in [0.29, 0.717) is 18.5 Å². The van der Waals surface area contributed by atoms with Gasteiger partial charge < -0.3 is 15.4 Å². The minimum absolute atomic E-state index is 0. The number of aliphatic imine (C=N–C) groups is 1. The fourth-order valence-corrected chi connectivity index (χ4v) is 2.28. The lowest BCUT2D eigenvalue weighted by Crippen LogP contribution is -2.37. The number of aryl methyl sites for hydroxylation is 1. The number of carbonyl (C=O) groups is 1. The van der Waals surface area contributed by atoms with Gasteiger partial charge in [-0.1, -0.05) is 25.0 Å². The SMILES string of the molecule is CN=C(NCCCCCCC(=O)OC)NCc1ccc(F)c(C)c1.I. The number of methoxy groups -OCH3 is 1. The summed E-state index contributed by atoms with van der Waals surface area (Å²) in [5.74, 6) is 0.397. The number of rotatable bonds is 9. The summed E-state index contributed by atoms with van der Waals surface area (Å²) in [7, 11) is 3.14. The van der Waals surface area contributed by atoms with E-state index in [4.69, 9.17) is 0 Å². The molecule has 0 bridgehead atoms. The second-order valence-electron chi connectivity index (χ2n) is 5.68. The van der Waals surface area contributed by atoms with Gasteiger partial charge in [0, 0.05) is 26.6 Å². The summed E-state index contributed by atoms with van der Waals surface area (Å²) in [6, 6.07) is 5.08. The number of benzene rings is 1. The van der Waals surface area contributed by atoms with Crippen LogP contribution in [0.5, 0.6) is 0 Å². The third-order valence-electron chi connectivity index (χ3n) is 3.73. The van der Waals surface area contributed by atoms with Gasteiger partial charge in [0.2, 0.25) is 0 Å². The second kappa shape index (κ2) is 13.9. The van der Waals surface area contributed by atoms with Crippen LogP contribution in [0.1, 0.15) is 43.2 Å². The number of nitrogens with one attached hydrogen (secondary N) is 2. The van der Waals surface area contributed by atoms with Gasteiger partial charge in [-0.25, -0.2) is 4.39 Å². The van der Waals surface area contributed by atoms with E-state index in [9.17, 15) is 9.18 Å². The van der Waals surface area contributed by atoms with Crippen LogP contribution < -0.4 is 10.6 Å². The number of carbonyl (C=O) groups excluding carboxylic acids is 1. The van der Waals surface area contributed by atoms with Gasteiger partial charge in [-0.15, -0.1) is 24.0 Å². The first-order valence-electron chi connectivity index (χ1n) is 8.33. The number of guanidine groups is 1. The molecule has 0 atom stereocenters. The summed E-state index contributed by atoms with van der Waals surface area (Å²) in [6.45, 7) is 3.17. The summed E-state index contributed by atoms with van der Waals surface area (Å²) < 4.78 is 17.8. The molecule has 0 heterocycles. The van der Waals surface area contributed by atoms with Crippen molar-refractivity contribution >= 4 is 35.9 Å². The average molecular weight is 465 g/mol. The molecule has 142 valence electrons. The number of nitrogens with zero attached hydrogens (tertiary/aromatic N) is 1. The summed E-state index contributed by atoms with van der Waals surface area (Å²) in [5.41, 5.74) is 1.66. The van der Waals surface area contributed by atoms with Gasteiger partial charge >= 0.3 is 5.97 Å². The maximum absolute atomic E-state index is 13.2. The van der Waals surface area contributed by atoms with Crippen molar-refractivity contribution in [3.63, 3.8) is 0 Å². The van der Waals surface area contributed by atoms with Gasteiger partial charge in [-0.05, 0) is 37.0 Å². The molecule has 2 N–H and O–H groups in total. The Kier molecular flexibility index (Phi) is 13.1. The van der Waals surface area contributed by atoms with Crippen LogP contribution in [0.15, 0.2) is 23.2 Å². The number of hydrogen-bond acceptors (Lipinski definition) is 3. The zero-order chi connectivity index (χ0) is 17.8. The molecule has 0 saturated carbocycles. The molecule has 0 aliphatic heterocycles. The van der Waals surface area contributed by atoms with Crippen LogP contribution in [0.25, 0.3) is 0 Å². The van der Waals surface area contributed by atoms with Crippen molar-refractivity contribution in [3.05, 3.63) is 35.1 Å². The average Bonchev–Trinajstić information content (AvgIpc) is 2.59. The molecular formula is C18H29FIN3O2. The molecule has 1 aromatic rings. The topological polar surface area (TPSA) is 62.7 Å². The lowest BCUT2D eigenvalue weighted by atomic mass is 10.1. The van der Waals surface area contributed by atoms with Gasteiger partial charge in [0.15, 0.2) is 5.96 Å². The van der Waals surface area contributed by atoms with Crippen molar-refractivity contribution < 1.29 is 13.9 Å². The number of esters is 1. The van der Waals surface area contributed by atoms with Crippen molar-refractivity contribution in [3.8, 4) is 0 Å². The van der Waals surface area contributed by atoms with E-state index in [1.165, 1.54) is 13.2 Å². The highest BCUT2D eigenvalue weighted by molar-refractivity contribution is 14.0. The molecule has 1 aromatic carbocycles. The lowest BCUT2D eigenvalue weighted by Gasteiger charge is -2.12. The van der Waals surface area contributed by atoms with Crippen molar-refractivity contribution in [1.82, 2.24) is 10.6 Å². The predicted octanol–water partition coefficient (Wildman–Crippen LogP) is 3.54. The van der Waals surface area contributed by atoms with E-state index < -0.39 is 0 Å². The maximum Gasteiger partial charge on any atom is 0.305 e. The lowest BCUT2D eigenvalue weighted by molar-refractivity contribution is -0.140. The van der Waals surface area contributed by atoms with Gasteiger partial charge in [-0.2, -0.15) is 0 Å². The van der Waals surface area contributed by atoms with Gasteiger partial charge in [-0.3, -0.25) is 9.79 Å². The van der Waals surface area contributed by atoms with Crippen LogP contribution in [0.2, 0.25) is 0 Å². The highest BCUT2D eigenvalue weighted by Crippen LogP contribution is 2.08. The Morgan fingerprint density at radius 1 is 1.20 bits per heavy atom. The number of ether oxygens (including phenoxy) is 1. The molecule has 0 spiro atoms. The van der Waals surface area contributed by atoms with E-state index in [2.05, 4.69) is 20.4 Å². The third-order valence-corrected chi connectivity index (χ3v) is 3.73. The first kappa shape index (κ1) is 23.6. The monoisotopic (exact) mass is 465 g/mol. The molecule has 0 aliphatic carbocycles. The van der Waals surface area contributed by atoms with Crippen LogP contribution >= 0.6 is 24.0 Å². The van der Waals surface area contributed by atoms with Crippen LogP contribution in [-0.4, -0.2) is 32.6 Å². The number of hydrogen-bond donors (Lipinski definition) is 2. The number of unbranched alkanes of at least 4 members (excludes halogenated alkanes) is 3. The highest BCUT2D eigenvalue weighted by atomic mass is 127. The van der Waals surface area contributed by atoms with E-state index in [1.54, 1.807) is 20.0 Å². The molecule has 5 nitrogen and oxygen atoms in total. The third kappa shape index (κ3) is 10.3. The Morgan fingerprint density at radius 2 is 1.92 bits per heavy atom. The van der Waals surface area contributed by atoms with Crippen LogP contribution in [0, 0.1) is 12.7 Å². The standard InChI is InChI=1S/C18H28FN3O2.HI/c1-14-12-15(9-10-16(14)19)13-22-18(20-2)21-11-7-5-4-6-8-17(23)24-3;/h9-10,12H,4-8,11,13H2,1-3H3,(H2,20,21,22);1H. The maximum atomic E-state index is 13.2. The van der Waals surface area contributed by atoms with Crippen LogP contribution in [0.3, 0.4) is 0 Å². The molecule has 25 heavy (non-hydrogen) atoms. The Morgan fingerprint density at radius 3 is 2.56 bits per heavy atom. The molecule has 0 amide bonds. The predicted molar refractivity (Wildman–Crippen MR) is 110 cm³/mol. The minimum Gasteiger partial charge on any atom is -0.469 e. The molecular weight excluding hydrogens is 436 g/mol. The van der Waals surface area contributed by atoms with Gasteiger partial charge in [0.25, 0.3) is 0 Å². The minimum atomic E-state index is -0.187. The second-order valence-corrected chi connectivity index (χ2v) is 5.68. The number of halogens is 2. The van der Waals surface area contributed by atoms with E-state index in [-0.39, 0.29) is 35.8 Å². The van der Waals surface area contributed by atoms with Crippen molar-refractivity contribution in [2.45, 2.75) is 45.6 Å². The Labute approximate surface area is 166 Å². The zero-order valence-corrected chi connectivity index (χ0v) is 17.6. The largest absolute Gasteiger partial charge is 0.469 e. The van der Waals surface area contributed by atoms with E-state index >= 15 is 0 Å². The fourth-order valence-electron chi connectivity index (χ4n) is 2.28. The van der Waals surface area contributed by atoms with Crippen LogP contribution in [0.4, 0.5) is 4.39 Å². The molecule has 0 fully saturated rings. The molecule has 1 rings (SSSR count). The Balaban J connectivity index is 0.00000576. The molecule has 0 unspecified atom stereocenters. The molecule has 7 heteroatoms. The summed E-state index contributed by atoms with van der Waals surface area (Å²) in [4.78, 5) is 15.1. The normalized spacial score (nSPS) is 10.8. The fraction of sp³-hybridized carbons (Fsp3) is 0.556. The Hall–Kier alpha value is -1.38. The molecule has 0 aromatic heterocycles. The smallest absolute Gasteiger partial charge is 0.305 e. The van der Waals surface area contributed by atoms with Crippen molar-refractivity contribution in [2.24, 2.45) is 4.99 Å². The van der Waals surface area contributed by atoms with Crippen LogP contribution in [-0.2, 0) is 16.1 Å². The van der Waals surface area contributed by atoms with Crippen molar-refractivity contribution in [2.75, 3.05) is 20.7 Å².